The standard InChI is InChI=1S/C31H37FN8O3/c1-3-42-30(41)35-20-7-4-10-39(17-20)28-23-15-33-26(21-13-19(2)14-24-22(21)16-34-38-24)25(32)27(23)36-29(37-28)43-18-31-8-5-11-40(31)12-6-9-31/h13-16,20H,3-12,17-18H2,1-2H3,(H,34,38)(H,35,41). The minimum Gasteiger partial charge on any atom is -0.461 e. The van der Waals surface area contributed by atoms with Gasteiger partial charge in [0.05, 0.1) is 29.2 Å². The van der Waals surface area contributed by atoms with Crippen LogP contribution in [0.15, 0.2) is 24.5 Å². The summed E-state index contributed by atoms with van der Waals surface area (Å²) in [5.41, 5.74) is 2.79. The third kappa shape index (κ3) is 5.11. The zero-order valence-electron chi connectivity index (χ0n) is 24.7. The lowest BCUT2D eigenvalue weighted by Crippen LogP contribution is -2.48. The van der Waals surface area contributed by atoms with E-state index in [1.54, 1.807) is 19.3 Å². The van der Waals surface area contributed by atoms with Gasteiger partial charge in [-0.3, -0.25) is 15.0 Å². The molecule has 0 radical (unpaired) electrons. The molecule has 12 heteroatoms. The quantitative estimate of drug-likeness (QED) is 0.315. The maximum atomic E-state index is 16.6. The van der Waals surface area contributed by atoms with Crippen LogP contribution in [0.2, 0.25) is 0 Å². The van der Waals surface area contributed by atoms with Crippen LogP contribution in [0.25, 0.3) is 33.1 Å². The molecule has 0 bridgehead atoms. The number of carbonyl (C=O) groups is 1. The number of benzene rings is 1. The van der Waals surface area contributed by atoms with Crippen LogP contribution in [0.1, 0.15) is 51.0 Å². The molecule has 1 aromatic carbocycles. The number of hydrogen-bond acceptors (Lipinski definition) is 9. The third-order valence-electron chi connectivity index (χ3n) is 9.20. The van der Waals surface area contributed by atoms with Gasteiger partial charge >= 0.3 is 12.1 Å². The Morgan fingerprint density at radius 3 is 2.79 bits per heavy atom. The molecule has 3 aromatic heterocycles. The Hall–Kier alpha value is -4.06. The first-order valence-electron chi connectivity index (χ1n) is 15.3. The monoisotopic (exact) mass is 588 g/mol. The van der Waals surface area contributed by atoms with E-state index in [4.69, 9.17) is 14.5 Å². The largest absolute Gasteiger partial charge is 0.461 e. The molecule has 3 aliphatic heterocycles. The van der Waals surface area contributed by atoms with Gasteiger partial charge in [0.2, 0.25) is 0 Å². The van der Waals surface area contributed by atoms with Crippen LogP contribution in [0.4, 0.5) is 15.0 Å². The highest BCUT2D eigenvalue weighted by atomic mass is 19.1. The number of anilines is 1. The fraction of sp³-hybridized carbons (Fsp3) is 0.516. The molecule has 3 saturated heterocycles. The van der Waals surface area contributed by atoms with Crippen LogP contribution in [-0.2, 0) is 4.74 Å². The lowest BCUT2D eigenvalue weighted by molar-refractivity contribution is 0.108. The molecule has 11 nitrogen and oxygen atoms in total. The number of alkyl carbamates (subject to hydrolysis) is 1. The predicted octanol–water partition coefficient (Wildman–Crippen LogP) is 4.74. The van der Waals surface area contributed by atoms with Crippen molar-refractivity contribution in [1.29, 1.82) is 0 Å². The van der Waals surface area contributed by atoms with E-state index in [1.807, 2.05) is 19.1 Å². The minimum absolute atomic E-state index is 0.00530. The SMILES string of the molecule is CCOC(=O)NC1CCCN(c2nc(OCC34CCCN3CCC4)nc3c(F)c(-c4cc(C)cc5[nH]ncc45)ncc23)C1. The zero-order valence-corrected chi connectivity index (χ0v) is 24.7. The van der Waals surface area contributed by atoms with Crippen molar-refractivity contribution >= 4 is 33.7 Å². The molecule has 0 aliphatic carbocycles. The maximum absolute atomic E-state index is 16.6. The number of carbonyl (C=O) groups excluding carboxylic acids is 1. The number of hydrogen-bond donors (Lipinski definition) is 2. The van der Waals surface area contributed by atoms with Crippen molar-refractivity contribution in [3.8, 4) is 17.3 Å². The van der Waals surface area contributed by atoms with Crippen molar-refractivity contribution in [3.63, 3.8) is 0 Å². The Balaban J connectivity index is 1.29. The number of fused-ring (bicyclic) bond motifs is 3. The molecule has 2 N–H and O–H groups in total. The van der Waals surface area contributed by atoms with Gasteiger partial charge < -0.3 is 19.7 Å². The summed E-state index contributed by atoms with van der Waals surface area (Å²) < 4.78 is 28.1. The molecule has 0 saturated carbocycles. The summed E-state index contributed by atoms with van der Waals surface area (Å²) in [5, 5.41) is 11.4. The Labute approximate surface area is 249 Å². The highest BCUT2D eigenvalue weighted by Crippen LogP contribution is 2.40. The van der Waals surface area contributed by atoms with Gasteiger partial charge in [0.1, 0.15) is 23.6 Å². The maximum Gasteiger partial charge on any atom is 0.407 e. The van der Waals surface area contributed by atoms with Gasteiger partial charge in [-0.25, -0.2) is 9.18 Å². The second kappa shape index (κ2) is 11.2. The minimum atomic E-state index is -0.529. The second-order valence-electron chi connectivity index (χ2n) is 12.0. The van der Waals surface area contributed by atoms with E-state index < -0.39 is 11.9 Å². The number of H-pyrrole nitrogens is 1. The van der Waals surface area contributed by atoms with Crippen molar-refractivity contribution in [3.05, 3.63) is 35.9 Å². The van der Waals surface area contributed by atoms with Crippen LogP contribution in [0.3, 0.4) is 0 Å². The molecule has 1 atom stereocenters. The summed E-state index contributed by atoms with van der Waals surface area (Å²) >= 11 is 0. The Kier molecular flexibility index (Phi) is 7.24. The number of nitrogens with one attached hydrogen (secondary N) is 2. The first-order chi connectivity index (χ1) is 20.9. The summed E-state index contributed by atoms with van der Waals surface area (Å²) in [4.78, 5) is 30.9. The first-order valence-corrected chi connectivity index (χ1v) is 15.3. The lowest BCUT2D eigenvalue weighted by atomic mass is 9.95. The Morgan fingerprint density at radius 1 is 1.14 bits per heavy atom. The van der Waals surface area contributed by atoms with Gasteiger partial charge in [-0.05, 0) is 83.2 Å². The van der Waals surface area contributed by atoms with Crippen molar-refractivity contribution in [1.82, 2.24) is 35.4 Å². The van der Waals surface area contributed by atoms with Crippen molar-refractivity contribution in [2.75, 3.05) is 44.3 Å². The van der Waals surface area contributed by atoms with Gasteiger partial charge in [-0.1, -0.05) is 0 Å². The zero-order chi connectivity index (χ0) is 29.6. The van der Waals surface area contributed by atoms with E-state index in [1.165, 1.54) is 0 Å². The first kappa shape index (κ1) is 27.8. The summed E-state index contributed by atoms with van der Waals surface area (Å²) in [5.74, 6) is 0.0250. The number of amides is 1. The van der Waals surface area contributed by atoms with E-state index in [2.05, 4.69) is 35.3 Å². The second-order valence-corrected chi connectivity index (χ2v) is 12.0. The number of ether oxygens (including phenoxy) is 2. The van der Waals surface area contributed by atoms with Gasteiger partial charge in [0, 0.05) is 36.3 Å². The smallest absolute Gasteiger partial charge is 0.407 e. The van der Waals surface area contributed by atoms with Crippen molar-refractivity contribution in [2.45, 2.75) is 64.0 Å². The van der Waals surface area contributed by atoms with Gasteiger partial charge in [0.15, 0.2) is 5.82 Å². The third-order valence-corrected chi connectivity index (χ3v) is 9.20. The summed E-state index contributed by atoms with van der Waals surface area (Å²) in [6, 6.07) is 3.91. The molecule has 1 amide bonds. The van der Waals surface area contributed by atoms with Crippen LogP contribution in [0.5, 0.6) is 6.01 Å². The molecule has 43 heavy (non-hydrogen) atoms. The summed E-state index contributed by atoms with van der Waals surface area (Å²) in [6.07, 6.45) is 9.00. The van der Waals surface area contributed by atoms with E-state index in [9.17, 15) is 4.79 Å². The number of rotatable bonds is 7. The number of piperidine rings is 1. The average molecular weight is 589 g/mol. The van der Waals surface area contributed by atoms with Crippen LogP contribution in [0, 0.1) is 12.7 Å². The van der Waals surface area contributed by atoms with Crippen molar-refractivity contribution in [2.24, 2.45) is 0 Å². The number of aromatic nitrogens is 5. The highest BCUT2D eigenvalue weighted by Gasteiger charge is 2.45. The number of aryl methyl sites for hydroxylation is 1. The molecular weight excluding hydrogens is 551 g/mol. The van der Waals surface area contributed by atoms with Gasteiger partial charge in [-0.15, -0.1) is 0 Å². The topological polar surface area (TPSA) is 121 Å². The number of aromatic amines is 1. The number of halogens is 1. The van der Waals surface area contributed by atoms with Gasteiger partial charge in [0.25, 0.3) is 0 Å². The molecule has 3 fully saturated rings. The summed E-state index contributed by atoms with van der Waals surface area (Å²) in [7, 11) is 0. The highest BCUT2D eigenvalue weighted by molar-refractivity contribution is 5.98. The molecule has 3 aliphatic rings. The predicted molar refractivity (Wildman–Crippen MR) is 161 cm³/mol. The molecular formula is C31H37FN8O3. The normalized spacial score (nSPS) is 20.1. The van der Waals surface area contributed by atoms with Crippen LogP contribution in [-0.4, -0.2) is 87.1 Å². The van der Waals surface area contributed by atoms with Crippen molar-refractivity contribution < 1.29 is 18.7 Å². The number of pyridine rings is 1. The molecule has 226 valence electrons. The molecule has 0 spiro atoms. The average Bonchev–Trinajstić information content (AvgIpc) is 3.72. The fourth-order valence-electron chi connectivity index (χ4n) is 7.19. The number of nitrogens with zero attached hydrogens (tertiary/aromatic N) is 6. The van der Waals surface area contributed by atoms with E-state index in [-0.39, 0.29) is 28.8 Å². The fourth-order valence-corrected chi connectivity index (χ4v) is 7.19. The molecule has 4 aromatic rings. The molecule has 6 heterocycles. The summed E-state index contributed by atoms with van der Waals surface area (Å²) in [6.45, 7) is 7.87. The van der Waals surface area contributed by atoms with Crippen LogP contribution >= 0.6 is 0 Å². The van der Waals surface area contributed by atoms with Crippen LogP contribution < -0.4 is 15.0 Å². The Morgan fingerprint density at radius 2 is 1.98 bits per heavy atom. The molecule has 7 rings (SSSR count). The van der Waals surface area contributed by atoms with E-state index in [0.29, 0.717) is 43.1 Å². The lowest BCUT2D eigenvalue weighted by Gasteiger charge is -2.34. The molecule has 1 unspecified atom stereocenters. The van der Waals surface area contributed by atoms with E-state index in [0.717, 1.165) is 68.1 Å². The Bertz CT molecular complexity index is 1670. The van der Waals surface area contributed by atoms with Gasteiger partial charge in [-0.2, -0.15) is 15.1 Å². The van der Waals surface area contributed by atoms with E-state index >= 15 is 4.39 Å².